The fourth-order valence-corrected chi connectivity index (χ4v) is 5.45. The SMILES string of the molecule is CCCCN1C2=C(S/C1=C\C(=O)c1cc(Cl)ccc1OC)C(CC)(CC)NC2=O. The Morgan fingerprint density at radius 3 is 2.66 bits per heavy atom. The van der Waals surface area contributed by atoms with Gasteiger partial charge in [-0.15, -0.1) is 0 Å². The molecule has 0 aromatic heterocycles. The highest BCUT2D eigenvalue weighted by atomic mass is 35.5. The van der Waals surface area contributed by atoms with Crippen molar-refractivity contribution in [3.8, 4) is 5.75 Å². The summed E-state index contributed by atoms with van der Waals surface area (Å²) in [7, 11) is 1.53. The average Bonchev–Trinajstić information content (AvgIpc) is 3.21. The summed E-state index contributed by atoms with van der Waals surface area (Å²) in [5.41, 5.74) is 0.759. The number of nitrogens with one attached hydrogen (secondary N) is 1. The number of unbranched alkanes of at least 4 members (excludes halogenated alkanes) is 1. The smallest absolute Gasteiger partial charge is 0.269 e. The minimum Gasteiger partial charge on any atom is -0.496 e. The molecule has 0 bridgehead atoms. The molecule has 5 nitrogen and oxygen atoms in total. The van der Waals surface area contributed by atoms with E-state index in [1.807, 2.05) is 4.90 Å². The van der Waals surface area contributed by atoms with Crippen molar-refractivity contribution >= 4 is 35.1 Å². The van der Waals surface area contributed by atoms with E-state index < -0.39 is 0 Å². The number of ether oxygens (including phenoxy) is 1. The number of carbonyl (C=O) groups is 2. The third kappa shape index (κ3) is 3.92. The number of benzene rings is 1. The molecule has 2 aliphatic heterocycles. The molecule has 0 fully saturated rings. The second kappa shape index (κ2) is 8.84. The highest BCUT2D eigenvalue weighted by Gasteiger charge is 2.49. The number of amides is 1. The minimum absolute atomic E-state index is 0.0523. The molecule has 2 aliphatic rings. The number of carbonyl (C=O) groups excluding carboxylic acids is 2. The molecule has 1 aromatic rings. The molecule has 7 heteroatoms. The molecule has 0 saturated carbocycles. The van der Waals surface area contributed by atoms with Crippen LogP contribution in [0.2, 0.25) is 5.02 Å². The molecule has 0 spiro atoms. The first-order valence-corrected chi connectivity index (χ1v) is 11.2. The van der Waals surface area contributed by atoms with Crippen molar-refractivity contribution < 1.29 is 14.3 Å². The van der Waals surface area contributed by atoms with E-state index in [0.29, 0.717) is 28.6 Å². The molecular weight excluding hydrogens is 408 g/mol. The summed E-state index contributed by atoms with van der Waals surface area (Å²) in [6.07, 6.45) is 5.16. The lowest BCUT2D eigenvalue weighted by atomic mass is 9.94. The Bertz CT molecular complexity index is 890. The summed E-state index contributed by atoms with van der Waals surface area (Å²) < 4.78 is 5.33. The Kier molecular flexibility index (Phi) is 6.64. The second-order valence-corrected chi connectivity index (χ2v) is 8.69. The molecule has 1 amide bonds. The van der Waals surface area contributed by atoms with Crippen LogP contribution in [0.3, 0.4) is 0 Å². The molecule has 29 heavy (non-hydrogen) atoms. The zero-order valence-corrected chi connectivity index (χ0v) is 18.9. The lowest BCUT2D eigenvalue weighted by Gasteiger charge is -2.29. The number of hydrogen-bond acceptors (Lipinski definition) is 5. The lowest BCUT2D eigenvalue weighted by Crippen LogP contribution is -2.44. The molecular formula is C22H27ClN2O3S. The number of nitrogens with zero attached hydrogens (tertiary/aromatic N) is 1. The number of halogens is 1. The van der Waals surface area contributed by atoms with Crippen LogP contribution in [-0.2, 0) is 4.79 Å². The number of ketones is 1. The molecule has 1 aromatic carbocycles. The fourth-order valence-electron chi connectivity index (χ4n) is 3.78. The summed E-state index contributed by atoms with van der Waals surface area (Å²) in [4.78, 5) is 28.9. The third-order valence-electron chi connectivity index (χ3n) is 5.58. The number of thioether (sulfide) groups is 1. The minimum atomic E-state index is -0.353. The Labute approximate surface area is 181 Å². The maximum Gasteiger partial charge on any atom is 0.269 e. The van der Waals surface area contributed by atoms with Gasteiger partial charge in [-0.3, -0.25) is 9.59 Å². The van der Waals surface area contributed by atoms with Gasteiger partial charge in [-0.05, 0) is 37.5 Å². The van der Waals surface area contributed by atoms with E-state index in [2.05, 4.69) is 26.1 Å². The largest absolute Gasteiger partial charge is 0.496 e. The average molecular weight is 435 g/mol. The molecule has 2 heterocycles. The zero-order valence-electron chi connectivity index (χ0n) is 17.3. The van der Waals surface area contributed by atoms with E-state index >= 15 is 0 Å². The Morgan fingerprint density at radius 2 is 2.03 bits per heavy atom. The summed E-state index contributed by atoms with van der Waals surface area (Å²) in [5, 5.41) is 4.45. The first-order chi connectivity index (χ1) is 13.9. The van der Waals surface area contributed by atoms with Gasteiger partial charge in [0.25, 0.3) is 5.91 Å². The van der Waals surface area contributed by atoms with Gasteiger partial charge in [0.1, 0.15) is 11.4 Å². The van der Waals surface area contributed by atoms with Crippen LogP contribution in [0.1, 0.15) is 56.8 Å². The Morgan fingerprint density at radius 1 is 1.31 bits per heavy atom. The van der Waals surface area contributed by atoms with E-state index in [1.165, 1.54) is 18.9 Å². The van der Waals surface area contributed by atoms with Crippen molar-refractivity contribution in [1.82, 2.24) is 10.2 Å². The van der Waals surface area contributed by atoms with Crippen molar-refractivity contribution in [3.05, 3.63) is 50.5 Å². The van der Waals surface area contributed by atoms with Gasteiger partial charge >= 0.3 is 0 Å². The predicted molar refractivity (Wildman–Crippen MR) is 118 cm³/mol. The summed E-state index contributed by atoms with van der Waals surface area (Å²) in [5.74, 6) is 0.242. The number of allylic oxidation sites excluding steroid dienone is 1. The number of rotatable bonds is 8. The first kappa shape index (κ1) is 21.8. The lowest BCUT2D eigenvalue weighted by molar-refractivity contribution is -0.119. The van der Waals surface area contributed by atoms with E-state index in [0.717, 1.165) is 35.6 Å². The molecule has 1 N–H and O–H groups in total. The monoisotopic (exact) mass is 434 g/mol. The maximum atomic E-state index is 13.1. The Balaban J connectivity index is 2.00. The zero-order chi connectivity index (χ0) is 21.2. The van der Waals surface area contributed by atoms with Gasteiger partial charge in [0.15, 0.2) is 5.78 Å². The molecule has 0 saturated heterocycles. The van der Waals surface area contributed by atoms with E-state index in [-0.39, 0.29) is 17.2 Å². The van der Waals surface area contributed by atoms with Gasteiger partial charge < -0.3 is 15.0 Å². The maximum absolute atomic E-state index is 13.1. The fraction of sp³-hybridized carbons (Fsp3) is 0.455. The van der Waals surface area contributed by atoms with Gasteiger partial charge in [0.2, 0.25) is 0 Å². The molecule has 156 valence electrons. The van der Waals surface area contributed by atoms with Crippen LogP contribution in [0.4, 0.5) is 0 Å². The van der Waals surface area contributed by atoms with Crippen LogP contribution in [0.5, 0.6) is 5.75 Å². The standard InChI is InChI=1S/C22H27ClN2O3S/c1-5-8-11-25-18(13-16(26)15-12-14(23)9-10-17(15)28-4)29-20-19(25)21(27)24-22(20,6-2)7-3/h9-10,12-13H,5-8,11H2,1-4H3,(H,24,27)/b18-13-. The highest BCUT2D eigenvalue weighted by Crippen LogP contribution is 2.51. The van der Waals surface area contributed by atoms with Gasteiger partial charge in [-0.2, -0.15) is 0 Å². The molecule has 0 aliphatic carbocycles. The van der Waals surface area contributed by atoms with Crippen molar-refractivity contribution in [2.75, 3.05) is 13.7 Å². The van der Waals surface area contributed by atoms with Gasteiger partial charge in [0.05, 0.1) is 23.2 Å². The van der Waals surface area contributed by atoms with Crippen LogP contribution in [-0.4, -0.2) is 35.8 Å². The van der Waals surface area contributed by atoms with Crippen molar-refractivity contribution in [1.29, 1.82) is 0 Å². The van der Waals surface area contributed by atoms with Crippen LogP contribution < -0.4 is 10.1 Å². The van der Waals surface area contributed by atoms with Gasteiger partial charge in [0, 0.05) is 22.5 Å². The van der Waals surface area contributed by atoms with Crippen molar-refractivity contribution in [2.24, 2.45) is 0 Å². The van der Waals surface area contributed by atoms with E-state index in [4.69, 9.17) is 16.3 Å². The quantitative estimate of drug-likeness (QED) is 0.454. The van der Waals surface area contributed by atoms with Crippen LogP contribution in [0.25, 0.3) is 0 Å². The first-order valence-electron chi connectivity index (χ1n) is 10.0. The summed E-state index contributed by atoms with van der Waals surface area (Å²) >= 11 is 7.63. The molecule has 3 rings (SSSR count). The number of hydrogen-bond donors (Lipinski definition) is 1. The topological polar surface area (TPSA) is 58.6 Å². The predicted octanol–water partition coefficient (Wildman–Crippen LogP) is 5.12. The van der Waals surface area contributed by atoms with E-state index in [1.54, 1.807) is 24.3 Å². The third-order valence-corrected chi connectivity index (χ3v) is 7.15. The van der Waals surface area contributed by atoms with Gasteiger partial charge in [-0.25, -0.2) is 0 Å². The summed E-state index contributed by atoms with van der Waals surface area (Å²) in [6.45, 7) is 6.98. The van der Waals surface area contributed by atoms with Crippen molar-refractivity contribution in [2.45, 2.75) is 52.0 Å². The van der Waals surface area contributed by atoms with E-state index in [9.17, 15) is 9.59 Å². The normalized spacial score (nSPS) is 19.0. The van der Waals surface area contributed by atoms with Crippen molar-refractivity contribution in [3.63, 3.8) is 0 Å². The van der Waals surface area contributed by atoms with Crippen LogP contribution >= 0.6 is 23.4 Å². The van der Waals surface area contributed by atoms with Crippen LogP contribution in [0.15, 0.2) is 39.9 Å². The summed E-state index contributed by atoms with van der Waals surface area (Å²) in [6, 6.07) is 5.00. The Hall–Kier alpha value is -1.92. The molecule has 0 unspecified atom stereocenters. The second-order valence-electron chi connectivity index (χ2n) is 7.22. The highest BCUT2D eigenvalue weighted by molar-refractivity contribution is 8.07. The number of methoxy groups -OCH3 is 1. The molecule has 0 radical (unpaired) electrons. The van der Waals surface area contributed by atoms with Gasteiger partial charge in [-0.1, -0.05) is 50.6 Å². The molecule has 0 atom stereocenters. The van der Waals surface area contributed by atoms with Crippen LogP contribution in [0, 0.1) is 0 Å².